The molecule has 0 unspecified atom stereocenters. The number of allylic oxidation sites excluding steroid dienone is 1. The Bertz CT molecular complexity index is 1620. The lowest BCUT2D eigenvalue weighted by molar-refractivity contribution is 0.102. The highest BCUT2D eigenvalue weighted by Crippen LogP contribution is 2.40. The molecule has 0 fully saturated rings. The van der Waals surface area contributed by atoms with Gasteiger partial charge >= 0.3 is 0 Å². The van der Waals surface area contributed by atoms with E-state index >= 15 is 0 Å². The summed E-state index contributed by atoms with van der Waals surface area (Å²) in [6.07, 6.45) is 5.97. The van der Waals surface area contributed by atoms with Gasteiger partial charge in [0.2, 0.25) is 0 Å². The maximum Gasteiger partial charge on any atom is 0.258 e. The Kier molecular flexibility index (Phi) is 7.49. The van der Waals surface area contributed by atoms with Gasteiger partial charge in [0.25, 0.3) is 5.91 Å². The van der Waals surface area contributed by atoms with Crippen LogP contribution in [0.4, 0.5) is 5.69 Å². The lowest BCUT2D eigenvalue weighted by Crippen LogP contribution is -2.17. The number of benzene rings is 2. The number of hydrogen-bond donors (Lipinski definition) is 1. The molecule has 0 atom stereocenters. The number of anilines is 1. The Morgan fingerprint density at radius 2 is 1.79 bits per heavy atom. The molecule has 0 aliphatic heterocycles. The van der Waals surface area contributed by atoms with E-state index < -0.39 is 0 Å². The number of halogens is 2. The number of nitrogens with one attached hydrogen (secondary N) is 1. The van der Waals surface area contributed by atoms with Crippen molar-refractivity contribution in [3.05, 3.63) is 103 Å². The molecule has 2 aromatic carbocycles. The summed E-state index contributed by atoms with van der Waals surface area (Å²) >= 11 is 14.2. The molecule has 0 spiro atoms. The summed E-state index contributed by atoms with van der Waals surface area (Å²) in [5.74, 6) is -0.0847. The molecule has 1 amide bonds. The van der Waals surface area contributed by atoms with Crippen molar-refractivity contribution in [1.82, 2.24) is 4.57 Å². The Balaban J connectivity index is 1.60. The van der Waals surface area contributed by atoms with Gasteiger partial charge in [-0.15, -0.1) is 11.3 Å². The minimum atomic E-state index is -0.0847. The monoisotopic (exact) mass is 559 g/mol. The number of amides is 1. The van der Waals surface area contributed by atoms with Crippen molar-refractivity contribution in [1.29, 1.82) is 5.26 Å². The average molecular weight is 561 g/mol. The number of rotatable bonds is 5. The Morgan fingerprint density at radius 3 is 2.50 bits per heavy atom. The van der Waals surface area contributed by atoms with Gasteiger partial charge in [-0.2, -0.15) is 5.26 Å². The van der Waals surface area contributed by atoms with E-state index in [0.29, 0.717) is 21.2 Å². The molecular weight excluding hydrogens is 533 g/mol. The number of carbonyl (C=O) groups is 1. The van der Waals surface area contributed by atoms with Gasteiger partial charge in [-0.25, -0.2) is 0 Å². The van der Waals surface area contributed by atoms with Crippen LogP contribution in [0.1, 0.15) is 61.7 Å². The minimum Gasteiger partial charge on any atom is -0.322 e. The molecule has 1 aliphatic rings. The second-order valence-electron chi connectivity index (χ2n) is 9.67. The molecule has 4 aromatic rings. The third kappa shape index (κ3) is 5.05. The fraction of sp³-hybridized carbons (Fsp3) is 0.226. The van der Waals surface area contributed by atoms with E-state index in [2.05, 4.69) is 22.0 Å². The highest BCUT2D eigenvalue weighted by atomic mass is 35.5. The zero-order chi connectivity index (χ0) is 27.0. The van der Waals surface area contributed by atoms with E-state index in [1.807, 2.05) is 51.1 Å². The lowest BCUT2D eigenvalue weighted by Gasteiger charge is -2.14. The van der Waals surface area contributed by atoms with Gasteiger partial charge in [0.05, 0.1) is 22.2 Å². The van der Waals surface area contributed by atoms with Crippen molar-refractivity contribution in [3.63, 3.8) is 0 Å². The standard InChI is InChI=1S/C31H27Cl2N3OS/c1-18-8-11-24(12-9-18)35-30(37)29-26-6-4-5-7-28(26)38-31(29)36-19(2)14-21(20(36)3)15-22(17-34)25-13-10-23(32)16-27(25)33/h8-16H,4-7H2,1-3H3,(H,35,37)/b22-15-. The van der Waals surface area contributed by atoms with E-state index in [1.165, 1.54) is 4.88 Å². The van der Waals surface area contributed by atoms with E-state index in [0.717, 1.165) is 70.0 Å². The van der Waals surface area contributed by atoms with Crippen LogP contribution in [0.25, 0.3) is 16.7 Å². The van der Waals surface area contributed by atoms with Crippen LogP contribution in [0.2, 0.25) is 10.0 Å². The third-order valence-corrected chi connectivity index (χ3v) is 8.83. The predicted molar refractivity (Wildman–Crippen MR) is 159 cm³/mol. The zero-order valence-corrected chi connectivity index (χ0v) is 23.8. The fourth-order valence-electron chi connectivity index (χ4n) is 5.05. The fourth-order valence-corrected chi connectivity index (χ4v) is 7.06. The van der Waals surface area contributed by atoms with Crippen molar-refractivity contribution >= 4 is 57.8 Å². The summed E-state index contributed by atoms with van der Waals surface area (Å²) in [5.41, 5.74) is 7.79. The van der Waals surface area contributed by atoms with Crippen LogP contribution in [-0.2, 0) is 12.8 Å². The molecule has 2 aromatic heterocycles. The number of carbonyl (C=O) groups excluding carboxylic acids is 1. The molecule has 7 heteroatoms. The van der Waals surface area contributed by atoms with E-state index in [1.54, 1.807) is 29.5 Å². The lowest BCUT2D eigenvalue weighted by atomic mass is 9.95. The molecule has 38 heavy (non-hydrogen) atoms. The molecular formula is C31H27Cl2N3OS. The molecule has 0 saturated carbocycles. The molecule has 4 nitrogen and oxygen atoms in total. The van der Waals surface area contributed by atoms with Gasteiger partial charge in [-0.1, -0.05) is 47.0 Å². The van der Waals surface area contributed by atoms with E-state index in [-0.39, 0.29) is 5.91 Å². The van der Waals surface area contributed by atoms with Crippen LogP contribution < -0.4 is 5.32 Å². The van der Waals surface area contributed by atoms with E-state index in [9.17, 15) is 10.1 Å². The SMILES string of the molecule is Cc1ccc(NC(=O)c2c(-n3c(C)cc(/C=C(/C#N)c4ccc(Cl)cc4Cl)c3C)sc3c2CCCC3)cc1. The van der Waals surface area contributed by atoms with Crippen LogP contribution in [0.3, 0.4) is 0 Å². The van der Waals surface area contributed by atoms with E-state index in [4.69, 9.17) is 23.2 Å². The highest BCUT2D eigenvalue weighted by Gasteiger charge is 2.28. The molecule has 0 bridgehead atoms. The molecule has 192 valence electrons. The highest BCUT2D eigenvalue weighted by molar-refractivity contribution is 7.15. The molecule has 5 rings (SSSR count). The first-order chi connectivity index (χ1) is 18.3. The van der Waals surface area contributed by atoms with Crippen molar-refractivity contribution in [2.45, 2.75) is 46.5 Å². The summed E-state index contributed by atoms with van der Waals surface area (Å²) < 4.78 is 2.15. The van der Waals surface area contributed by atoms with Crippen molar-refractivity contribution in [3.8, 4) is 11.1 Å². The maximum atomic E-state index is 13.7. The van der Waals surface area contributed by atoms with Crippen LogP contribution in [0.5, 0.6) is 0 Å². The second kappa shape index (κ2) is 10.8. The van der Waals surface area contributed by atoms with Crippen LogP contribution in [0.15, 0.2) is 48.5 Å². The first-order valence-corrected chi connectivity index (χ1v) is 14.1. The van der Waals surface area contributed by atoms with Gasteiger partial charge < -0.3 is 9.88 Å². The predicted octanol–water partition coefficient (Wildman–Crippen LogP) is 8.97. The maximum absolute atomic E-state index is 13.7. The van der Waals surface area contributed by atoms with Gasteiger partial charge in [-0.05, 0) is 94.0 Å². The summed E-state index contributed by atoms with van der Waals surface area (Å²) in [7, 11) is 0. The number of aromatic nitrogens is 1. The van der Waals surface area contributed by atoms with Crippen LogP contribution in [0, 0.1) is 32.1 Å². The Labute approximate surface area is 237 Å². The minimum absolute atomic E-state index is 0.0847. The summed E-state index contributed by atoms with van der Waals surface area (Å²) in [6, 6.07) is 17.3. The Morgan fingerprint density at radius 1 is 1.05 bits per heavy atom. The second-order valence-corrected chi connectivity index (χ2v) is 11.6. The first kappa shape index (κ1) is 26.3. The van der Waals surface area contributed by atoms with Crippen molar-refractivity contribution in [2.75, 3.05) is 5.32 Å². The summed E-state index contributed by atoms with van der Waals surface area (Å²) in [5, 5.41) is 14.9. The smallest absolute Gasteiger partial charge is 0.258 e. The number of thiophene rings is 1. The topological polar surface area (TPSA) is 57.8 Å². The zero-order valence-electron chi connectivity index (χ0n) is 21.5. The quantitative estimate of drug-likeness (QED) is 0.248. The number of nitriles is 1. The summed E-state index contributed by atoms with van der Waals surface area (Å²) in [6.45, 7) is 6.09. The number of aryl methyl sites for hydroxylation is 3. The number of hydrogen-bond acceptors (Lipinski definition) is 3. The first-order valence-electron chi connectivity index (χ1n) is 12.6. The van der Waals surface area contributed by atoms with Gasteiger partial charge in [0, 0.05) is 32.5 Å². The Hall–Kier alpha value is -3.30. The largest absolute Gasteiger partial charge is 0.322 e. The molecule has 1 aliphatic carbocycles. The molecule has 1 N–H and O–H groups in total. The van der Waals surface area contributed by atoms with Crippen molar-refractivity contribution < 1.29 is 4.79 Å². The molecule has 2 heterocycles. The normalized spacial score (nSPS) is 13.2. The number of nitrogens with zero attached hydrogens (tertiary/aromatic N) is 2. The van der Waals surface area contributed by atoms with Crippen LogP contribution in [-0.4, -0.2) is 10.5 Å². The molecule has 0 saturated heterocycles. The summed E-state index contributed by atoms with van der Waals surface area (Å²) in [4.78, 5) is 15.0. The third-order valence-electron chi connectivity index (χ3n) is 7.00. The number of fused-ring (bicyclic) bond motifs is 1. The molecule has 0 radical (unpaired) electrons. The average Bonchev–Trinajstić information content (AvgIpc) is 3.40. The van der Waals surface area contributed by atoms with Gasteiger partial charge in [-0.3, -0.25) is 4.79 Å². The van der Waals surface area contributed by atoms with Crippen LogP contribution >= 0.6 is 34.5 Å². The van der Waals surface area contributed by atoms with Gasteiger partial charge in [0.1, 0.15) is 5.00 Å². The van der Waals surface area contributed by atoms with Crippen molar-refractivity contribution in [2.24, 2.45) is 0 Å². The van der Waals surface area contributed by atoms with Gasteiger partial charge in [0.15, 0.2) is 0 Å².